The molecule has 0 aliphatic heterocycles. The minimum Gasteiger partial charge on any atom is -0.504 e. The topological polar surface area (TPSA) is 156 Å². The minimum atomic E-state index is -3.79. The van der Waals surface area contributed by atoms with Crippen molar-refractivity contribution in [3.05, 3.63) is 23.8 Å². The van der Waals surface area contributed by atoms with Crippen LogP contribution in [0.1, 0.15) is 68.6 Å². The van der Waals surface area contributed by atoms with Crippen molar-refractivity contribution >= 4 is 15.9 Å². The van der Waals surface area contributed by atoms with Crippen LogP contribution in [0.15, 0.2) is 18.2 Å². The highest BCUT2D eigenvalue weighted by Gasteiger charge is 2.33. The van der Waals surface area contributed by atoms with E-state index in [9.17, 15) is 33.6 Å². The molecule has 0 bridgehead atoms. The number of unbranched alkanes of at least 4 members (excludes halogenated alkanes) is 1. The van der Waals surface area contributed by atoms with Gasteiger partial charge in [-0.3, -0.25) is 4.79 Å². The highest BCUT2D eigenvalue weighted by molar-refractivity contribution is 7.89. The molecule has 10 heteroatoms. The zero-order valence-corrected chi connectivity index (χ0v) is 19.4. The van der Waals surface area contributed by atoms with E-state index in [-0.39, 0.29) is 23.8 Å². The molecule has 1 fully saturated rings. The van der Waals surface area contributed by atoms with Crippen molar-refractivity contribution < 1.29 is 33.6 Å². The van der Waals surface area contributed by atoms with Crippen molar-refractivity contribution in [3.63, 3.8) is 0 Å². The molecular weight excluding hydrogens is 436 g/mol. The number of hydrogen-bond donors (Lipinski definition) is 6. The van der Waals surface area contributed by atoms with Crippen LogP contribution in [-0.4, -0.2) is 65.3 Å². The second kappa shape index (κ2) is 12.4. The first-order valence-electron chi connectivity index (χ1n) is 11.3. The van der Waals surface area contributed by atoms with Gasteiger partial charge >= 0.3 is 0 Å². The summed E-state index contributed by atoms with van der Waals surface area (Å²) >= 11 is 0. The number of rotatable bonds is 12. The molecule has 0 aromatic heterocycles. The maximum atomic E-state index is 12.7. The SMILES string of the molecule is CCCCNS(=O)(=O)C[C@H](O)[C@H](O)[C@H](CC1CCCCC1)NC(=O)c1ccc(O)c(O)c1. The number of hydrogen-bond acceptors (Lipinski definition) is 7. The number of aromatic hydroxyl groups is 2. The lowest BCUT2D eigenvalue weighted by Crippen LogP contribution is -2.52. The summed E-state index contributed by atoms with van der Waals surface area (Å²) in [5.74, 6) is -1.85. The normalized spacial score (nSPS) is 18.1. The van der Waals surface area contributed by atoms with Gasteiger partial charge in [-0.1, -0.05) is 45.4 Å². The second-order valence-corrected chi connectivity index (χ2v) is 10.5. The van der Waals surface area contributed by atoms with Gasteiger partial charge in [0.25, 0.3) is 5.91 Å². The number of benzene rings is 1. The first-order valence-corrected chi connectivity index (χ1v) is 12.9. The fourth-order valence-corrected chi connectivity index (χ4v) is 5.26. The molecule has 182 valence electrons. The Morgan fingerprint density at radius 3 is 2.44 bits per heavy atom. The maximum Gasteiger partial charge on any atom is 0.251 e. The zero-order chi connectivity index (χ0) is 23.7. The zero-order valence-electron chi connectivity index (χ0n) is 18.5. The summed E-state index contributed by atoms with van der Waals surface area (Å²) in [6.45, 7) is 2.19. The Morgan fingerprint density at radius 2 is 1.81 bits per heavy atom. The third-order valence-electron chi connectivity index (χ3n) is 5.92. The Bertz CT molecular complexity index is 841. The van der Waals surface area contributed by atoms with E-state index in [1.807, 2.05) is 6.92 Å². The molecule has 32 heavy (non-hydrogen) atoms. The van der Waals surface area contributed by atoms with Crippen molar-refractivity contribution in [1.29, 1.82) is 0 Å². The summed E-state index contributed by atoms with van der Waals surface area (Å²) in [5, 5.41) is 43.1. The number of carbonyl (C=O) groups is 1. The quantitative estimate of drug-likeness (QED) is 0.199. The Morgan fingerprint density at radius 1 is 1.12 bits per heavy atom. The van der Waals surface area contributed by atoms with Crippen LogP contribution < -0.4 is 10.0 Å². The van der Waals surface area contributed by atoms with E-state index in [2.05, 4.69) is 10.0 Å². The molecular formula is C22H36N2O7S. The van der Waals surface area contributed by atoms with E-state index in [1.165, 1.54) is 12.1 Å². The summed E-state index contributed by atoms with van der Waals surface area (Å²) in [6, 6.07) is 2.74. The molecule has 0 heterocycles. The van der Waals surface area contributed by atoms with E-state index >= 15 is 0 Å². The van der Waals surface area contributed by atoms with Crippen molar-refractivity contribution in [1.82, 2.24) is 10.0 Å². The Kier molecular flexibility index (Phi) is 10.2. The average molecular weight is 473 g/mol. The Balaban J connectivity index is 2.11. The number of aliphatic hydroxyl groups excluding tert-OH is 2. The molecule has 6 N–H and O–H groups in total. The lowest BCUT2D eigenvalue weighted by Gasteiger charge is -2.32. The lowest BCUT2D eigenvalue weighted by atomic mass is 9.83. The minimum absolute atomic E-state index is 0.0736. The van der Waals surface area contributed by atoms with E-state index in [0.29, 0.717) is 12.8 Å². The fraction of sp³-hybridized carbons (Fsp3) is 0.682. The number of phenols is 2. The molecule has 1 aromatic rings. The van der Waals surface area contributed by atoms with E-state index < -0.39 is 45.7 Å². The molecule has 1 aromatic carbocycles. The van der Waals surface area contributed by atoms with Gasteiger partial charge in [-0.2, -0.15) is 0 Å². The predicted octanol–water partition coefficient (Wildman–Crippen LogP) is 1.61. The van der Waals surface area contributed by atoms with Crippen molar-refractivity contribution in [2.45, 2.75) is 76.5 Å². The van der Waals surface area contributed by atoms with Crippen LogP contribution in [0.2, 0.25) is 0 Å². The summed E-state index contributed by atoms with van der Waals surface area (Å²) in [4.78, 5) is 12.7. The molecule has 0 radical (unpaired) electrons. The van der Waals surface area contributed by atoms with Gasteiger partial charge in [0.15, 0.2) is 11.5 Å². The molecule has 9 nitrogen and oxygen atoms in total. The van der Waals surface area contributed by atoms with Crippen molar-refractivity contribution in [3.8, 4) is 11.5 Å². The molecule has 2 rings (SSSR count). The fourth-order valence-electron chi connectivity index (χ4n) is 4.04. The van der Waals surface area contributed by atoms with Crippen molar-refractivity contribution in [2.24, 2.45) is 5.92 Å². The number of carbonyl (C=O) groups excluding carboxylic acids is 1. The van der Waals surface area contributed by atoms with Crippen LogP contribution in [0.5, 0.6) is 11.5 Å². The predicted molar refractivity (Wildman–Crippen MR) is 121 cm³/mol. The average Bonchev–Trinajstić information content (AvgIpc) is 2.75. The van der Waals surface area contributed by atoms with Crippen LogP contribution in [-0.2, 0) is 10.0 Å². The summed E-state index contributed by atoms with van der Waals surface area (Å²) < 4.78 is 26.9. The highest BCUT2D eigenvalue weighted by atomic mass is 32.2. The van der Waals surface area contributed by atoms with Gasteiger partial charge in [-0.25, -0.2) is 13.1 Å². The van der Waals surface area contributed by atoms with Gasteiger partial charge < -0.3 is 25.7 Å². The molecule has 1 aliphatic rings. The first-order chi connectivity index (χ1) is 15.1. The Labute approximate surface area is 189 Å². The van der Waals surface area contributed by atoms with Gasteiger partial charge in [0.2, 0.25) is 10.0 Å². The van der Waals surface area contributed by atoms with Crippen LogP contribution in [0.4, 0.5) is 0 Å². The summed E-state index contributed by atoms with van der Waals surface area (Å²) in [6.07, 6.45) is 3.90. The third-order valence-corrected chi connectivity index (χ3v) is 7.34. The first kappa shape index (κ1) is 26.4. The van der Waals surface area contributed by atoms with Crippen LogP contribution >= 0.6 is 0 Å². The number of nitrogens with one attached hydrogen (secondary N) is 2. The number of sulfonamides is 1. The van der Waals surface area contributed by atoms with Crippen LogP contribution in [0, 0.1) is 5.92 Å². The van der Waals surface area contributed by atoms with E-state index in [1.54, 1.807) is 0 Å². The molecule has 1 aliphatic carbocycles. The summed E-state index contributed by atoms with van der Waals surface area (Å²) in [7, 11) is -3.79. The smallest absolute Gasteiger partial charge is 0.251 e. The van der Waals surface area contributed by atoms with Gasteiger partial charge in [0.1, 0.15) is 6.10 Å². The van der Waals surface area contributed by atoms with Crippen LogP contribution in [0.3, 0.4) is 0 Å². The number of aliphatic hydroxyl groups is 2. The third kappa shape index (κ3) is 8.23. The van der Waals surface area contributed by atoms with Gasteiger partial charge in [-0.05, 0) is 37.0 Å². The largest absolute Gasteiger partial charge is 0.504 e. The van der Waals surface area contributed by atoms with Gasteiger partial charge in [0, 0.05) is 12.1 Å². The lowest BCUT2D eigenvalue weighted by molar-refractivity contribution is 0.00201. The van der Waals surface area contributed by atoms with Gasteiger partial charge in [0.05, 0.1) is 17.9 Å². The summed E-state index contributed by atoms with van der Waals surface area (Å²) in [5.41, 5.74) is 0.0736. The van der Waals surface area contributed by atoms with Crippen molar-refractivity contribution in [2.75, 3.05) is 12.3 Å². The molecule has 0 unspecified atom stereocenters. The molecule has 0 saturated heterocycles. The number of amides is 1. The Hall–Kier alpha value is -1.88. The van der Waals surface area contributed by atoms with Crippen LogP contribution in [0.25, 0.3) is 0 Å². The molecule has 3 atom stereocenters. The van der Waals surface area contributed by atoms with Gasteiger partial charge in [-0.15, -0.1) is 0 Å². The number of phenolic OH excluding ortho intramolecular Hbond substituents is 2. The standard InChI is InChI=1S/C22H36N2O7S/c1-2-3-11-23-32(30,31)14-20(27)21(28)17(12-15-7-5-4-6-8-15)24-22(29)16-9-10-18(25)19(26)13-16/h9-10,13,15,17,20-21,23,25-28H,2-8,11-12,14H2,1H3,(H,24,29)/t17-,20-,21+/m0/s1. The highest BCUT2D eigenvalue weighted by Crippen LogP contribution is 2.29. The van der Waals surface area contributed by atoms with E-state index in [4.69, 9.17) is 0 Å². The van der Waals surface area contributed by atoms with E-state index in [0.717, 1.165) is 44.6 Å². The second-order valence-electron chi connectivity index (χ2n) is 8.61. The molecule has 1 saturated carbocycles. The maximum absolute atomic E-state index is 12.7. The molecule has 0 spiro atoms. The monoisotopic (exact) mass is 472 g/mol. The molecule has 1 amide bonds.